The molecule has 0 heterocycles. The van der Waals surface area contributed by atoms with Crippen molar-refractivity contribution in [2.45, 2.75) is 31.7 Å². The van der Waals surface area contributed by atoms with Crippen LogP contribution in [0.5, 0.6) is 11.5 Å². The van der Waals surface area contributed by atoms with Gasteiger partial charge in [0.05, 0.1) is 20.3 Å². The number of rotatable bonds is 5. The molecular formula is C16H20N2O3. The normalized spacial score (nSPS) is 14.5. The third kappa shape index (κ3) is 3.10. The molecule has 2 rings (SSSR count). The minimum atomic E-state index is -0.197. The van der Waals surface area contributed by atoms with E-state index in [9.17, 15) is 4.79 Å². The van der Waals surface area contributed by atoms with Gasteiger partial charge in [0.2, 0.25) is 0 Å². The van der Waals surface area contributed by atoms with Crippen LogP contribution in [0.2, 0.25) is 0 Å². The van der Waals surface area contributed by atoms with E-state index in [1.54, 1.807) is 23.1 Å². The van der Waals surface area contributed by atoms with Crippen LogP contribution in [-0.2, 0) is 0 Å². The van der Waals surface area contributed by atoms with Gasteiger partial charge in [-0.15, -0.1) is 0 Å². The summed E-state index contributed by atoms with van der Waals surface area (Å²) in [5.74, 6) is 0.748. The number of methoxy groups -OCH3 is 2. The summed E-state index contributed by atoms with van der Waals surface area (Å²) in [6, 6.07) is 7.46. The van der Waals surface area contributed by atoms with Crippen LogP contribution in [0.25, 0.3) is 0 Å². The molecule has 1 aromatic rings. The van der Waals surface area contributed by atoms with E-state index >= 15 is 0 Å². The first kappa shape index (κ1) is 15.2. The summed E-state index contributed by atoms with van der Waals surface area (Å²) in [6.07, 6.45) is 4.10. The monoisotopic (exact) mass is 288 g/mol. The first-order valence-corrected chi connectivity index (χ1v) is 7.11. The number of carbonyl (C=O) groups is 1. The molecule has 5 heteroatoms. The first-order valence-electron chi connectivity index (χ1n) is 7.11. The van der Waals surface area contributed by atoms with E-state index in [2.05, 4.69) is 6.07 Å². The van der Waals surface area contributed by atoms with E-state index in [0.29, 0.717) is 17.1 Å². The smallest absolute Gasteiger partial charge is 0.262 e. The van der Waals surface area contributed by atoms with Gasteiger partial charge in [0.25, 0.3) is 5.91 Å². The average Bonchev–Trinajstić information content (AvgIpc) is 3.05. The Labute approximate surface area is 125 Å². The van der Waals surface area contributed by atoms with Crippen LogP contribution >= 0.6 is 0 Å². The Hall–Kier alpha value is -2.22. The van der Waals surface area contributed by atoms with Crippen LogP contribution in [-0.4, -0.2) is 37.6 Å². The summed E-state index contributed by atoms with van der Waals surface area (Å²) in [4.78, 5) is 14.5. The zero-order chi connectivity index (χ0) is 15.2. The van der Waals surface area contributed by atoms with E-state index in [-0.39, 0.29) is 18.5 Å². The van der Waals surface area contributed by atoms with Gasteiger partial charge in [-0.25, -0.2) is 0 Å². The fourth-order valence-corrected chi connectivity index (χ4v) is 2.86. The summed E-state index contributed by atoms with van der Waals surface area (Å²) < 4.78 is 10.6. The second-order valence-corrected chi connectivity index (χ2v) is 5.07. The largest absolute Gasteiger partial charge is 0.496 e. The van der Waals surface area contributed by atoms with Gasteiger partial charge >= 0.3 is 0 Å². The molecule has 1 fully saturated rings. The molecule has 1 aliphatic carbocycles. The maximum absolute atomic E-state index is 12.9. The van der Waals surface area contributed by atoms with Crippen molar-refractivity contribution in [1.29, 1.82) is 5.26 Å². The van der Waals surface area contributed by atoms with Gasteiger partial charge in [-0.2, -0.15) is 5.26 Å². The lowest BCUT2D eigenvalue weighted by atomic mass is 10.1. The van der Waals surface area contributed by atoms with Crippen LogP contribution in [0.15, 0.2) is 18.2 Å². The average molecular weight is 288 g/mol. The Morgan fingerprint density at radius 3 is 2.33 bits per heavy atom. The molecule has 0 aliphatic heterocycles. The van der Waals surface area contributed by atoms with E-state index in [4.69, 9.17) is 14.7 Å². The third-order valence-electron chi connectivity index (χ3n) is 3.91. The molecule has 0 radical (unpaired) electrons. The number of benzene rings is 1. The van der Waals surface area contributed by atoms with E-state index < -0.39 is 0 Å². The van der Waals surface area contributed by atoms with Crippen molar-refractivity contribution < 1.29 is 14.3 Å². The van der Waals surface area contributed by atoms with E-state index in [1.165, 1.54) is 14.2 Å². The van der Waals surface area contributed by atoms with Gasteiger partial charge in [-0.1, -0.05) is 18.9 Å². The molecule has 1 aliphatic rings. The fourth-order valence-electron chi connectivity index (χ4n) is 2.86. The SMILES string of the molecule is COc1cccc(OC)c1C(=O)N(CC#N)C1CCCC1. The van der Waals surface area contributed by atoms with Crippen LogP contribution in [0.1, 0.15) is 36.0 Å². The summed E-state index contributed by atoms with van der Waals surface area (Å²) in [6.45, 7) is 0.0880. The summed E-state index contributed by atoms with van der Waals surface area (Å²) in [5.41, 5.74) is 0.393. The molecule has 0 N–H and O–H groups in total. The Morgan fingerprint density at radius 1 is 1.29 bits per heavy atom. The molecule has 0 saturated heterocycles. The second kappa shape index (κ2) is 6.98. The zero-order valence-corrected chi connectivity index (χ0v) is 12.5. The molecule has 1 aromatic carbocycles. The van der Waals surface area contributed by atoms with Crippen LogP contribution < -0.4 is 9.47 Å². The van der Waals surface area contributed by atoms with Crippen molar-refractivity contribution >= 4 is 5.91 Å². The molecule has 21 heavy (non-hydrogen) atoms. The Bertz CT molecular complexity index is 523. The molecular weight excluding hydrogens is 268 g/mol. The van der Waals surface area contributed by atoms with Gasteiger partial charge in [-0.3, -0.25) is 4.79 Å². The highest BCUT2D eigenvalue weighted by Crippen LogP contribution is 2.32. The zero-order valence-electron chi connectivity index (χ0n) is 12.5. The lowest BCUT2D eigenvalue weighted by Gasteiger charge is -2.27. The van der Waals surface area contributed by atoms with E-state index in [1.807, 2.05) is 0 Å². The predicted octanol–water partition coefficient (Wildman–Crippen LogP) is 2.61. The van der Waals surface area contributed by atoms with Crippen LogP contribution in [0, 0.1) is 11.3 Å². The third-order valence-corrected chi connectivity index (χ3v) is 3.91. The second-order valence-electron chi connectivity index (χ2n) is 5.07. The quantitative estimate of drug-likeness (QED) is 0.781. The molecule has 5 nitrogen and oxygen atoms in total. The Morgan fingerprint density at radius 2 is 1.86 bits per heavy atom. The number of ether oxygens (including phenoxy) is 2. The molecule has 0 spiro atoms. The van der Waals surface area contributed by atoms with Gasteiger partial charge in [0.15, 0.2) is 0 Å². The summed E-state index contributed by atoms with van der Waals surface area (Å²) >= 11 is 0. The number of amides is 1. The molecule has 0 aromatic heterocycles. The number of nitrogens with zero attached hydrogens (tertiary/aromatic N) is 2. The van der Waals surface area contributed by atoms with Crippen LogP contribution in [0.3, 0.4) is 0 Å². The number of carbonyl (C=O) groups excluding carboxylic acids is 1. The van der Waals surface area contributed by atoms with Crippen molar-refractivity contribution in [3.05, 3.63) is 23.8 Å². The molecule has 1 amide bonds. The van der Waals surface area contributed by atoms with Crippen molar-refractivity contribution in [3.63, 3.8) is 0 Å². The Balaban J connectivity index is 2.38. The van der Waals surface area contributed by atoms with Gasteiger partial charge < -0.3 is 14.4 Å². The topological polar surface area (TPSA) is 62.6 Å². The minimum Gasteiger partial charge on any atom is -0.496 e. The van der Waals surface area contributed by atoms with Crippen molar-refractivity contribution in [3.8, 4) is 17.6 Å². The van der Waals surface area contributed by atoms with Crippen LogP contribution in [0.4, 0.5) is 0 Å². The highest BCUT2D eigenvalue weighted by molar-refractivity contribution is 6.00. The fraction of sp³-hybridized carbons (Fsp3) is 0.500. The van der Waals surface area contributed by atoms with Crippen molar-refractivity contribution in [1.82, 2.24) is 4.90 Å². The Kier molecular flexibility index (Phi) is 5.04. The molecule has 0 unspecified atom stereocenters. The minimum absolute atomic E-state index is 0.0880. The molecule has 112 valence electrons. The predicted molar refractivity (Wildman–Crippen MR) is 78.5 cm³/mol. The first-order chi connectivity index (χ1) is 10.2. The van der Waals surface area contributed by atoms with Gasteiger partial charge in [0, 0.05) is 6.04 Å². The lowest BCUT2D eigenvalue weighted by Crippen LogP contribution is -2.39. The number of hydrogen-bond donors (Lipinski definition) is 0. The highest BCUT2D eigenvalue weighted by atomic mass is 16.5. The highest BCUT2D eigenvalue weighted by Gasteiger charge is 2.30. The summed E-state index contributed by atoms with van der Waals surface area (Å²) in [5, 5.41) is 9.04. The maximum Gasteiger partial charge on any atom is 0.262 e. The van der Waals surface area contributed by atoms with Gasteiger partial charge in [-0.05, 0) is 25.0 Å². The number of nitriles is 1. The lowest BCUT2D eigenvalue weighted by molar-refractivity contribution is 0.0702. The van der Waals surface area contributed by atoms with Crippen molar-refractivity contribution in [2.75, 3.05) is 20.8 Å². The standard InChI is InChI=1S/C16H20N2O3/c1-20-13-8-5-9-14(21-2)15(13)16(19)18(11-10-17)12-6-3-4-7-12/h5,8-9,12H,3-4,6-7,11H2,1-2H3. The summed E-state index contributed by atoms with van der Waals surface area (Å²) in [7, 11) is 3.05. The number of hydrogen-bond acceptors (Lipinski definition) is 4. The molecule has 1 saturated carbocycles. The van der Waals surface area contributed by atoms with E-state index in [0.717, 1.165) is 25.7 Å². The van der Waals surface area contributed by atoms with Gasteiger partial charge in [0.1, 0.15) is 23.6 Å². The van der Waals surface area contributed by atoms with Crippen molar-refractivity contribution in [2.24, 2.45) is 0 Å². The maximum atomic E-state index is 12.9. The molecule has 0 bridgehead atoms. The molecule has 0 atom stereocenters.